The van der Waals surface area contributed by atoms with E-state index in [1.165, 1.54) is 9.58 Å². The Hall–Kier alpha value is -3.84. The summed E-state index contributed by atoms with van der Waals surface area (Å²) in [6.45, 7) is -0.213. The Labute approximate surface area is 194 Å². The molecule has 0 spiro atoms. The van der Waals surface area contributed by atoms with Gasteiger partial charge >= 0.3 is 5.76 Å². The van der Waals surface area contributed by atoms with E-state index in [0.717, 1.165) is 22.6 Å². The van der Waals surface area contributed by atoms with Gasteiger partial charge in [0.1, 0.15) is 12.3 Å². The van der Waals surface area contributed by atoms with Crippen LogP contribution in [0, 0.1) is 0 Å². The number of amides is 1. The largest absolute Gasteiger partial charge is 0.497 e. The third kappa shape index (κ3) is 4.03. The summed E-state index contributed by atoms with van der Waals surface area (Å²) in [4.78, 5) is 25.9. The minimum atomic E-state index is -0.615. The van der Waals surface area contributed by atoms with Crippen molar-refractivity contribution < 1.29 is 13.9 Å². The number of methoxy groups -OCH3 is 1. The number of fused-ring (bicyclic) bond motifs is 1. The van der Waals surface area contributed by atoms with E-state index in [-0.39, 0.29) is 18.5 Å². The Bertz CT molecular complexity index is 1410. The first-order chi connectivity index (χ1) is 16.0. The van der Waals surface area contributed by atoms with E-state index >= 15 is 0 Å². The number of halogens is 1. The first-order valence-corrected chi connectivity index (χ1v) is 10.8. The van der Waals surface area contributed by atoms with Gasteiger partial charge in [-0.25, -0.2) is 9.80 Å². The quantitative estimate of drug-likeness (QED) is 0.434. The van der Waals surface area contributed by atoms with E-state index in [4.69, 9.17) is 20.8 Å². The molecule has 7 nitrogen and oxygen atoms in total. The molecule has 0 fully saturated rings. The zero-order valence-corrected chi connectivity index (χ0v) is 18.5. The molecule has 1 amide bonds. The smallest absolute Gasteiger partial charge is 0.420 e. The average molecular weight is 462 g/mol. The zero-order chi connectivity index (χ0) is 22.9. The van der Waals surface area contributed by atoms with E-state index in [0.29, 0.717) is 22.5 Å². The molecule has 3 aromatic carbocycles. The van der Waals surface area contributed by atoms with Gasteiger partial charge in [-0.3, -0.25) is 9.36 Å². The summed E-state index contributed by atoms with van der Waals surface area (Å²) in [5, 5.41) is 6.58. The summed E-state index contributed by atoms with van der Waals surface area (Å²) in [5.41, 5.74) is 3.50. The zero-order valence-electron chi connectivity index (χ0n) is 17.8. The number of nitrogens with zero attached hydrogens (tertiary/aromatic N) is 3. The predicted octanol–water partition coefficient (Wildman–Crippen LogP) is 4.63. The summed E-state index contributed by atoms with van der Waals surface area (Å²) in [7, 11) is 1.61. The fraction of sp³-hybridized carbons (Fsp3) is 0.160. The number of hydrogen-bond acceptors (Lipinski definition) is 5. The van der Waals surface area contributed by atoms with Crippen LogP contribution in [0.3, 0.4) is 0 Å². The van der Waals surface area contributed by atoms with Crippen molar-refractivity contribution in [2.24, 2.45) is 5.10 Å². The third-order valence-electron chi connectivity index (χ3n) is 5.70. The number of rotatable bonds is 5. The average Bonchev–Trinajstić information content (AvgIpc) is 3.42. The minimum Gasteiger partial charge on any atom is -0.497 e. The van der Waals surface area contributed by atoms with Crippen LogP contribution in [-0.2, 0) is 11.3 Å². The Morgan fingerprint density at radius 1 is 1.12 bits per heavy atom. The molecule has 1 aromatic heterocycles. The second kappa shape index (κ2) is 8.60. The first kappa shape index (κ1) is 21.0. The van der Waals surface area contributed by atoms with Gasteiger partial charge in [-0.05, 0) is 53.6 Å². The number of carbonyl (C=O) groups excluding carboxylic acids is 1. The van der Waals surface area contributed by atoms with Crippen LogP contribution in [0.5, 0.6) is 5.75 Å². The van der Waals surface area contributed by atoms with Gasteiger partial charge in [0.2, 0.25) is 0 Å². The highest BCUT2D eigenvalue weighted by Crippen LogP contribution is 2.33. The van der Waals surface area contributed by atoms with Crippen LogP contribution >= 0.6 is 11.6 Å². The van der Waals surface area contributed by atoms with Gasteiger partial charge in [0.25, 0.3) is 5.91 Å². The van der Waals surface area contributed by atoms with Gasteiger partial charge in [-0.1, -0.05) is 41.9 Å². The second-order valence-electron chi connectivity index (χ2n) is 7.71. The van der Waals surface area contributed by atoms with E-state index in [9.17, 15) is 9.59 Å². The molecule has 0 radical (unpaired) electrons. The maximum atomic E-state index is 13.4. The molecule has 4 aromatic rings. The number of hydrazone groups is 1. The summed E-state index contributed by atoms with van der Waals surface area (Å²) >= 11 is 6.09. The highest BCUT2D eigenvalue weighted by Gasteiger charge is 2.33. The molecule has 166 valence electrons. The van der Waals surface area contributed by atoms with Crippen molar-refractivity contribution in [2.45, 2.75) is 19.0 Å². The second-order valence-corrected chi connectivity index (χ2v) is 8.15. The lowest BCUT2D eigenvalue weighted by Crippen LogP contribution is -2.32. The van der Waals surface area contributed by atoms with Gasteiger partial charge in [-0.2, -0.15) is 5.10 Å². The highest BCUT2D eigenvalue weighted by molar-refractivity contribution is 6.31. The summed E-state index contributed by atoms with van der Waals surface area (Å²) in [6.07, 6.45) is 0.551. The fourth-order valence-corrected chi connectivity index (χ4v) is 4.19. The molecule has 0 N–H and O–H groups in total. The minimum absolute atomic E-state index is 0.213. The fourth-order valence-electron chi connectivity index (χ4n) is 4.03. The van der Waals surface area contributed by atoms with E-state index in [2.05, 4.69) is 5.10 Å². The topological polar surface area (TPSA) is 77.0 Å². The number of carbonyl (C=O) groups is 1. The molecule has 8 heteroatoms. The first-order valence-electron chi connectivity index (χ1n) is 10.4. The van der Waals surface area contributed by atoms with Crippen molar-refractivity contribution >= 4 is 34.3 Å². The van der Waals surface area contributed by atoms with Crippen molar-refractivity contribution in [1.82, 2.24) is 9.58 Å². The van der Waals surface area contributed by atoms with Gasteiger partial charge in [0.05, 0.1) is 24.4 Å². The van der Waals surface area contributed by atoms with E-state index in [1.807, 2.05) is 54.6 Å². The lowest BCUT2D eigenvalue weighted by atomic mass is 9.98. The monoisotopic (exact) mass is 461 g/mol. The van der Waals surface area contributed by atoms with Crippen LogP contribution in [-0.4, -0.2) is 28.3 Å². The summed E-state index contributed by atoms with van der Waals surface area (Å²) in [5.74, 6) is -0.192. The van der Waals surface area contributed by atoms with Crippen molar-refractivity contribution in [1.29, 1.82) is 0 Å². The molecule has 33 heavy (non-hydrogen) atoms. The molecule has 5 rings (SSSR count). The maximum Gasteiger partial charge on any atom is 0.420 e. The number of aromatic nitrogens is 1. The van der Waals surface area contributed by atoms with Crippen LogP contribution in [0.4, 0.5) is 0 Å². The SMILES string of the molecule is COc1ccc(C2=NN(C(=O)Cn3c(=O)oc4ccc(Cl)cc43)C(c3ccccc3)C2)cc1. The molecule has 0 bridgehead atoms. The van der Waals surface area contributed by atoms with Crippen molar-refractivity contribution in [3.05, 3.63) is 99.5 Å². The van der Waals surface area contributed by atoms with Crippen LogP contribution in [0.25, 0.3) is 11.1 Å². The van der Waals surface area contributed by atoms with Crippen LogP contribution < -0.4 is 10.5 Å². The maximum absolute atomic E-state index is 13.4. The molecule has 0 aliphatic carbocycles. The van der Waals surface area contributed by atoms with Crippen molar-refractivity contribution in [3.8, 4) is 5.75 Å². The van der Waals surface area contributed by atoms with E-state index < -0.39 is 5.76 Å². The highest BCUT2D eigenvalue weighted by atomic mass is 35.5. The molecule has 2 heterocycles. The number of benzene rings is 3. The molecular weight excluding hydrogens is 442 g/mol. The number of oxazole rings is 1. The third-order valence-corrected chi connectivity index (χ3v) is 5.93. The van der Waals surface area contributed by atoms with Gasteiger partial charge in [0.15, 0.2) is 5.58 Å². The Morgan fingerprint density at radius 2 is 1.88 bits per heavy atom. The normalized spacial score (nSPS) is 15.6. The Morgan fingerprint density at radius 3 is 2.61 bits per heavy atom. The number of hydrogen-bond donors (Lipinski definition) is 0. The molecular formula is C25H20ClN3O4. The standard InChI is InChI=1S/C25H20ClN3O4/c1-32-19-10-7-16(8-11-19)20-14-21(17-5-3-2-4-6-17)29(27-20)24(30)15-28-22-13-18(26)9-12-23(22)33-25(28)31/h2-13,21H,14-15H2,1H3. The van der Waals surface area contributed by atoms with Gasteiger partial charge in [0, 0.05) is 11.4 Å². The van der Waals surface area contributed by atoms with Crippen LogP contribution in [0.15, 0.2) is 87.1 Å². The van der Waals surface area contributed by atoms with Crippen LogP contribution in [0.1, 0.15) is 23.6 Å². The summed E-state index contributed by atoms with van der Waals surface area (Å²) < 4.78 is 11.8. The molecule has 1 aliphatic heterocycles. The van der Waals surface area contributed by atoms with Crippen LogP contribution in [0.2, 0.25) is 5.02 Å². The number of ether oxygens (including phenoxy) is 1. The van der Waals surface area contributed by atoms with Gasteiger partial charge < -0.3 is 9.15 Å². The van der Waals surface area contributed by atoms with Crippen molar-refractivity contribution in [3.63, 3.8) is 0 Å². The molecule has 1 atom stereocenters. The molecule has 0 saturated carbocycles. The lowest BCUT2D eigenvalue weighted by Gasteiger charge is -2.22. The van der Waals surface area contributed by atoms with E-state index in [1.54, 1.807) is 25.3 Å². The molecule has 1 unspecified atom stereocenters. The molecule has 0 saturated heterocycles. The predicted molar refractivity (Wildman–Crippen MR) is 126 cm³/mol. The summed E-state index contributed by atoms with van der Waals surface area (Å²) in [6, 6.07) is 21.9. The lowest BCUT2D eigenvalue weighted by molar-refractivity contribution is -0.133. The van der Waals surface area contributed by atoms with Crippen molar-refractivity contribution in [2.75, 3.05) is 7.11 Å². The van der Waals surface area contributed by atoms with Gasteiger partial charge in [-0.15, -0.1) is 0 Å². The Kier molecular flexibility index (Phi) is 5.48. The molecule has 1 aliphatic rings. The Balaban J connectivity index is 1.50.